The van der Waals surface area contributed by atoms with Crippen LogP contribution in [-0.4, -0.2) is 47.1 Å². The zero-order valence-corrected chi connectivity index (χ0v) is 24.1. The van der Waals surface area contributed by atoms with Crippen LogP contribution in [0.15, 0.2) is 12.3 Å². The first kappa shape index (κ1) is 28.6. The van der Waals surface area contributed by atoms with Gasteiger partial charge in [-0.2, -0.15) is 5.10 Å². The van der Waals surface area contributed by atoms with Gasteiger partial charge in [-0.25, -0.2) is 8.42 Å². The van der Waals surface area contributed by atoms with E-state index in [1.54, 1.807) is 4.68 Å². The molecule has 0 bridgehead atoms. The van der Waals surface area contributed by atoms with Crippen molar-refractivity contribution in [2.75, 3.05) is 12.8 Å². The molecule has 1 saturated carbocycles. The maximum absolute atomic E-state index is 13.0. The molecule has 2 heterocycles. The minimum Gasteiger partial charge on any atom is -0.350 e. The molecule has 1 aliphatic carbocycles. The van der Waals surface area contributed by atoms with Gasteiger partial charge in [-0.05, 0) is 74.8 Å². The smallest absolute Gasteiger partial charge is 0.273 e. The number of nitrogens with one attached hydrogen (secondary N) is 1. The van der Waals surface area contributed by atoms with Crippen LogP contribution in [0.25, 0.3) is 11.3 Å². The summed E-state index contributed by atoms with van der Waals surface area (Å²) in [4.78, 5) is 17.8. The predicted octanol–water partition coefficient (Wildman–Crippen LogP) is 5.49. The fourth-order valence-electron chi connectivity index (χ4n) is 4.85. The third-order valence-electron chi connectivity index (χ3n) is 7.17. The number of carbonyl (C=O) groups is 1. The fraction of sp³-hybridized carbons (Fsp3) is 0.667. The number of hydrogen-bond acceptors (Lipinski definition) is 5. The first-order valence-electron chi connectivity index (χ1n) is 13.1. The number of aromatic nitrogens is 3. The molecule has 0 radical (unpaired) electrons. The largest absolute Gasteiger partial charge is 0.350 e. The van der Waals surface area contributed by atoms with Crippen LogP contribution in [0.1, 0.15) is 88.5 Å². The maximum atomic E-state index is 13.0. The Morgan fingerprint density at radius 3 is 2.42 bits per heavy atom. The highest BCUT2D eigenvalue weighted by atomic mass is 35.5. The molecule has 36 heavy (non-hydrogen) atoms. The lowest BCUT2D eigenvalue weighted by Crippen LogP contribution is -2.34. The van der Waals surface area contributed by atoms with E-state index < -0.39 is 9.84 Å². The molecule has 3 rings (SSSR count). The average molecular weight is 537 g/mol. The SMILES string of the molecule is CCc1cc(CCC(C)(C)C)ncc1-c1c(Cl)c(C(=O)NCC2CCC(S(C)(=O)=O)CC2)nn1CC. The monoisotopic (exact) mass is 536 g/mol. The van der Waals surface area contributed by atoms with Crippen molar-refractivity contribution in [2.45, 2.75) is 91.4 Å². The third kappa shape index (κ3) is 7.09. The lowest BCUT2D eigenvalue weighted by atomic mass is 9.89. The first-order chi connectivity index (χ1) is 16.8. The second kappa shape index (κ2) is 11.6. The van der Waals surface area contributed by atoms with Crippen LogP contribution < -0.4 is 5.32 Å². The highest BCUT2D eigenvalue weighted by Gasteiger charge is 2.29. The standard InChI is InChI=1S/C27H41ClN4O3S/c1-7-19-15-20(13-14-27(3,4)5)29-17-22(19)25-23(28)24(31-32(25)8-2)26(33)30-16-18-9-11-21(12-10-18)36(6,34)35/h15,17-18,21H,7-14,16H2,1-6H3,(H,30,33). The lowest BCUT2D eigenvalue weighted by molar-refractivity contribution is 0.0938. The Balaban J connectivity index is 1.76. The first-order valence-corrected chi connectivity index (χ1v) is 15.4. The molecule has 0 unspecified atom stereocenters. The topological polar surface area (TPSA) is 93.9 Å². The van der Waals surface area contributed by atoms with E-state index in [2.05, 4.69) is 44.2 Å². The summed E-state index contributed by atoms with van der Waals surface area (Å²) >= 11 is 6.78. The van der Waals surface area contributed by atoms with E-state index in [4.69, 9.17) is 16.6 Å². The molecule has 0 saturated heterocycles. The predicted molar refractivity (Wildman–Crippen MR) is 146 cm³/mol. The zero-order chi connectivity index (χ0) is 26.7. The van der Waals surface area contributed by atoms with Gasteiger partial charge in [-0.1, -0.05) is 39.3 Å². The number of halogens is 1. The minimum atomic E-state index is -3.00. The molecule has 0 spiro atoms. The molecule has 1 fully saturated rings. The second-order valence-corrected chi connectivity index (χ2v) is 14.0. The van der Waals surface area contributed by atoms with E-state index in [-0.39, 0.29) is 28.2 Å². The summed E-state index contributed by atoms with van der Waals surface area (Å²) in [7, 11) is -3.00. The average Bonchev–Trinajstić information content (AvgIpc) is 3.16. The van der Waals surface area contributed by atoms with Crippen LogP contribution in [0.3, 0.4) is 0 Å². The van der Waals surface area contributed by atoms with E-state index in [0.29, 0.717) is 31.0 Å². The van der Waals surface area contributed by atoms with Crippen molar-refractivity contribution in [2.24, 2.45) is 11.3 Å². The number of sulfone groups is 1. The summed E-state index contributed by atoms with van der Waals surface area (Å²) in [5.41, 5.74) is 4.30. The van der Waals surface area contributed by atoms with Gasteiger partial charge in [0.05, 0.1) is 16.0 Å². The molecular weight excluding hydrogens is 496 g/mol. The molecule has 9 heteroatoms. The van der Waals surface area contributed by atoms with Crippen molar-refractivity contribution in [1.29, 1.82) is 0 Å². The number of nitrogens with zero attached hydrogens (tertiary/aromatic N) is 3. The Morgan fingerprint density at radius 1 is 1.19 bits per heavy atom. The molecule has 1 aliphatic rings. The number of amides is 1. The van der Waals surface area contributed by atoms with Crippen LogP contribution in [0.4, 0.5) is 0 Å². The Morgan fingerprint density at radius 2 is 1.86 bits per heavy atom. The normalized spacial score (nSPS) is 18.9. The van der Waals surface area contributed by atoms with Crippen molar-refractivity contribution < 1.29 is 13.2 Å². The number of hydrogen-bond donors (Lipinski definition) is 1. The summed E-state index contributed by atoms with van der Waals surface area (Å²) < 4.78 is 25.4. The van der Waals surface area contributed by atoms with Gasteiger partial charge in [0.15, 0.2) is 5.69 Å². The van der Waals surface area contributed by atoms with Crippen LogP contribution in [0.5, 0.6) is 0 Å². The molecule has 2 aromatic rings. The molecule has 0 aliphatic heterocycles. The number of carbonyl (C=O) groups excluding carboxylic acids is 1. The Hall–Kier alpha value is -1.93. The van der Waals surface area contributed by atoms with Gasteiger partial charge in [0.2, 0.25) is 0 Å². The summed E-state index contributed by atoms with van der Waals surface area (Å²) in [6.07, 6.45) is 8.83. The van der Waals surface area contributed by atoms with Gasteiger partial charge in [0.25, 0.3) is 5.91 Å². The van der Waals surface area contributed by atoms with Crippen molar-refractivity contribution in [3.05, 3.63) is 34.2 Å². The summed E-state index contributed by atoms with van der Waals surface area (Å²) in [6, 6.07) is 2.15. The van der Waals surface area contributed by atoms with E-state index in [9.17, 15) is 13.2 Å². The van der Waals surface area contributed by atoms with Gasteiger partial charge in [-0.15, -0.1) is 0 Å². The third-order valence-corrected chi connectivity index (χ3v) is 9.21. The van der Waals surface area contributed by atoms with E-state index in [1.165, 1.54) is 6.26 Å². The number of aryl methyl sites for hydroxylation is 3. The maximum Gasteiger partial charge on any atom is 0.273 e. The molecule has 0 aromatic carbocycles. The van der Waals surface area contributed by atoms with Crippen LogP contribution in [0, 0.1) is 11.3 Å². The van der Waals surface area contributed by atoms with Gasteiger partial charge in [-0.3, -0.25) is 14.5 Å². The Kier molecular flexibility index (Phi) is 9.25. The molecule has 7 nitrogen and oxygen atoms in total. The van der Waals surface area contributed by atoms with Gasteiger partial charge in [0.1, 0.15) is 9.84 Å². The van der Waals surface area contributed by atoms with Crippen LogP contribution in [-0.2, 0) is 29.2 Å². The number of pyridine rings is 1. The molecule has 1 amide bonds. The van der Waals surface area contributed by atoms with Gasteiger partial charge < -0.3 is 5.32 Å². The summed E-state index contributed by atoms with van der Waals surface area (Å²) in [5, 5.41) is 7.61. The van der Waals surface area contributed by atoms with Crippen molar-refractivity contribution in [3.63, 3.8) is 0 Å². The number of rotatable bonds is 9. The van der Waals surface area contributed by atoms with Gasteiger partial charge in [0, 0.05) is 36.8 Å². The molecule has 200 valence electrons. The van der Waals surface area contributed by atoms with Crippen molar-refractivity contribution in [3.8, 4) is 11.3 Å². The highest BCUT2D eigenvalue weighted by molar-refractivity contribution is 7.91. The minimum absolute atomic E-state index is 0.220. The summed E-state index contributed by atoms with van der Waals surface area (Å²) in [5.74, 6) is -0.0403. The summed E-state index contributed by atoms with van der Waals surface area (Å²) in [6.45, 7) is 11.8. The molecular formula is C27H41ClN4O3S. The highest BCUT2D eigenvalue weighted by Crippen LogP contribution is 2.34. The lowest BCUT2D eigenvalue weighted by Gasteiger charge is -2.27. The zero-order valence-electron chi connectivity index (χ0n) is 22.5. The Bertz CT molecular complexity index is 1180. The van der Waals surface area contributed by atoms with Gasteiger partial charge >= 0.3 is 0 Å². The quantitative estimate of drug-likeness (QED) is 0.457. The van der Waals surface area contributed by atoms with Crippen LogP contribution >= 0.6 is 11.6 Å². The molecule has 0 atom stereocenters. The van der Waals surface area contributed by atoms with E-state index in [0.717, 1.165) is 54.6 Å². The second-order valence-electron chi connectivity index (χ2n) is 11.3. The molecule has 1 N–H and O–H groups in total. The van der Waals surface area contributed by atoms with Crippen molar-refractivity contribution >= 4 is 27.3 Å². The van der Waals surface area contributed by atoms with E-state index in [1.807, 2.05) is 13.1 Å². The molecule has 2 aromatic heterocycles. The van der Waals surface area contributed by atoms with Crippen LogP contribution in [0.2, 0.25) is 5.02 Å². The fourth-order valence-corrected chi connectivity index (χ4v) is 6.30. The Labute approximate surface area is 221 Å². The van der Waals surface area contributed by atoms with E-state index >= 15 is 0 Å². The van der Waals surface area contributed by atoms with Crippen molar-refractivity contribution in [1.82, 2.24) is 20.1 Å².